The molecule has 7 nitrogen and oxygen atoms in total. The Labute approximate surface area is 186 Å². The van der Waals surface area contributed by atoms with Crippen LogP contribution >= 0.6 is 15.9 Å². The van der Waals surface area contributed by atoms with Crippen molar-refractivity contribution in [2.45, 2.75) is 37.5 Å². The molecule has 2 aromatic rings. The summed E-state index contributed by atoms with van der Waals surface area (Å²) in [5.74, 6) is 0.287. The third kappa shape index (κ3) is 5.89. The highest BCUT2D eigenvalue weighted by Crippen LogP contribution is 2.29. The lowest BCUT2D eigenvalue weighted by molar-refractivity contribution is 0.214. The molecule has 0 unspecified atom stereocenters. The van der Waals surface area contributed by atoms with Gasteiger partial charge in [0.05, 0.1) is 6.61 Å². The van der Waals surface area contributed by atoms with Gasteiger partial charge in [-0.25, -0.2) is 13.2 Å². The third-order valence-electron chi connectivity index (χ3n) is 4.78. The van der Waals surface area contributed by atoms with Crippen molar-refractivity contribution in [2.75, 3.05) is 29.7 Å². The van der Waals surface area contributed by atoms with Gasteiger partial charge in [-0.05, 0) is 62.2 Å². The largest absolute Gasteiger partial charge is 0.492 e. The SMILES string of the molecule is CCOc1ccc(Br)cc1S(=O)(=O)Nc1ccc(NC(=O)N2CCCCCC2)cc1. The number of hydrogen-bond donors (Lipinski definition) is 2. The fraction of sp³-hybridized carbons (Fsp3) is 0.381. The van der Waals surface area contributed by atoms with Gasteiger partial charge in [0, 0.05) is 28.9 Å². The van der Waals surface area contributed by atoms with Crippen LogP contribution in [0.1, 0.15) is 32.6 Å². The summed E-state index contributed by atoms with van der Waals surface area (Å²) < 4.78 is 34.4. The lowest BCUT2D eigenvalue weighted by Crippen LogP contribution is -2.35. The number of nitrogens with one attached hydrogen (secondary N) is 2. The van der Waals surface area contributed by atoms with Crippen molar-refractivity contribution in [1.82, 2.24) is 4.90 Å². The summed E-state index contributed by atoms with van der Waals surface area (Å²) in [7, 11) is -3.85. The van der Waals surface area contributed by atoms with E-state index in [0.29, 0.717) is 22.5 Å². The number of nitrogens with zero attached hydrogens (tertiary/aromatic N) is 1. The van der Waals surface area contributed by atoms with E-state index in [1.807, 2.05) is 4.90 Å². The number of halogens is 1. The fourth-order valence-corrected chi connectivity index (χ4v) is 5.02. The van der Waals surface area contributed by atoms with Crippen LogP contribution in [0.25, 0.3) is 0 Å². The van der Waals surface area contributed by atoms with Crippen LogP contribution in [0.3, 0.4) is 0 Å². The van der Waals surface area contributed by atoms with Crippen molar-refractivity contribution < 1.29 is 17.9 Å². The predicted octanol–water partition coefficient (Wildman–Crippen LogP) is 5.06. The Hall–Kier alpha value is -2.26. The van der Waals surface area contributed by atoms with Crippen molar-refractivity contribution in [2.24, 2.45) is 0 Å². The lowest BCUT2D eigenvalue weighted by atomic mass is 10.2. The minimum absolute atomic E-state index is 0.0530. The molecule has 2 N–H and O–H groups in total. The number of hydrogen-bond acceptors (Lipinski definition) is 4. The summed E-state index contributed by atoms with van der Waals surface area (Å²) in [6.45, 7) is 3.68. The van der Waals surface area contributed by atoms with Crippen LogP contribution in [0.2, 0.25) is 0 Å². The molecular formula is C21H26BrN3O4S. The van der Waals surface area contributed by atoms with Gasteiger partial charge in [0.1, 0.15) is 10.6 Å². The maximum atomic E-state index is 12.9. The number of amides is 2. The van der Waals surface area contributed by atoms with Gasteiger partial charge >= 0.3 is 6.03 Å². The minimum Gasteiger partial charge on any atom is -0.492 e. The Bertz CT molecular complexity index is 972. The number of carbonyl (C=O) groups excluding carboxylic acids is 1. The summed E-state index contributed by atoms with van der Waals surface area (Å²) in [5, 5.41) is 2.88. The number of anilines is 2. The second-order valence-corrected chi connectivity index (χ2v) is 9.60. The van der Waals surface area contributed by atoms with Crippen molar-refractivity contribution >= 4 is 43.4 Å². The van der Waals surface area contributed by atoms with Gasteiger partial charge in [-0.15, -0.1) is 0 Å². The summed E-state index contributed by atoms with van der Waals surface area (Å²) in [6, 6.07) is 11.3. The molecule has 1 aliphatic heterocycles. The monoisotopic (exact) mass is 495 g/mol. The van der Waals surface area contributed by atoms with E-state index in [2.05, 4.69) is 26.0 Å². The van der Waals surface area contributed by atoms with Gasteiger partial charge < -0.3 is 15.0 Å². The molecule has 1 fully saturated rings. The number of likely N-dealkylation sites (tertiary alicyclic amines) is 1. The highest BCUT2D eigenvalue weighted by atomic mass is 79.9. The van der Waals surface area contributed by atoms with Crippen LogP contribution < -0.4 is 14.8 Å². The summed E-state index contributed by atoms with van der Waals surface area (Å²) >= 11 is 3.30. The summed E-state index contributed by atoms with van der Waals surface area (Å²) in [4.78, 5) is 14.3. The first-order valence-corrected chi connectivity index (χ1v) is 12.3. The van der Waals surface area contributed by atoms with Gasteiger partial charge in [0.2, 0.25) is 0 Å². The Morgan fingerprint density at radius 1 is 1.03 bits per heavy atom. The topological polar surface area (TPSA) is 87.7 Å². The molecule has 162 valence electrons. The molecule has 0 radical (unpaired) electrons. The summed E-state index contributed by atoms with van der Waals surface area (Å²) in [6.07, 6.45) is 4.35. The molecule has 0 spiro atoms. The predicted molar refractivity (Wildman–Crippen MR) is 122 cm³/mol. The molecule has 30 heavy (non-hydrogen) atoms. The van der Waals surface area contributed by atoms with E-state index in [4.69, 9.17) is 4.74 Å². The molecule has 1 heterocycles. The van der Waals surface area contributed by atoms with Gasteiger partial charge in [0.25, 0.3) is 10.0 Å². The molecule has 9 heteroatoms. The molecule has 0 aromatic heterocycles. The second-order valence-electron chi connectivity index (χ2n) is 7.04. The number of benzene rings is 2. The second kappa shape index (κ2) is 10.2. The molecule has 2 amide bonds. The number of carbonyl (C=O) groups is 1. The molecule has 0 aliphatic carbocycles. The van der Waals surface area contributed by atoms with Gasteiger partial charge in [-0.2, -0.15) is 0 Å². The van der Waals surface area contributed by atoms with Crippen LogP contribution in [0.4, 0.5) is 16.2 Å². The molecule has 1 saturated heterocycles. The number of rotatable bonds is 6. The smallest absolute Gasteiger partial charge is 0.321 e. The van der Waals surface area contributed by atoms with E-state index in [1.165, 1.54) is 6.07 Å². The van der Waals surface area contributed by atoms with Crippen molar-refractivity contribution in [1.29, 1.82) is 0 Å². The van der Waals surface area contributed by atoms with Crippen molar-refractivity contribution in [3.8, 4) is 5.75 Å². The maximum absolute atomic E-state index is 12.9. The van der Waals surface area contributed by atoms with E-state index >= 15 is 0 Å². The van der Waals surface area contributed by atoms with Gasteiger partial charge in [0.15, 0.2) is 0 Å². The van der Waals surface area contributed by atoms with E-state index in [1.54, 1.807) is 43.3 Å². The van der Waals surface area contributed by atoms with Crippen LogP contribution in [-0.4, -0.2) is 39.0 Å². The van der Waals surface area contributed by atoms with E-state index in [0.717, 1.165) is 38.8 Å². The van der Waals surface area contributed by atoms with Gasteiger partial charge in [-0.3, -0.25) is 4.72 Å². The standard InChI is InChI=1S/C21H26BrN3O4S/c1-2-29-19-12-7-16(22)15-20(19)30(27,28)24-18-10-8-17(9-11-18)23-21(26)25-13-5-3-4-6-14-25/h7-12,15,24H,2-6,13-14H2,1H3,(H,23,26). The molecular weight excluding hydrogens is 470 g/mol. The molecule has 1 aliphatic rings. The minimum atomic E-state index is -3.85. The maximum Gasteiger partial charge on any atom is 0.321 e. The zero-order chi connectivity index (χ0) is 21.6. The molecule has 0 saturated carbocycles. The van der Waals surface area contributed by atoms with Crippen LogP contribution in [0.15, 0.2) is 51.8 Å². The first-order valence-electron chi connectivity index (χ1n) is 10.0. The zero-order valence-electron chi connectivity index (χ0n) is 16.9. The highest BCUT2D eigenvalue weighted by Gasteiger charge is 2.21. The molecule has 0 bridgehead atoms. The number of ether oxygens (including phenoxy) is 1. The fourth-order valence-electron chi connectivity index (χ4n) is 3.27. The van der Waals surface area contributed by atoms with Gasteiger partial charge in [-0.1, -0.05) is 28.8 Å². The lowest BCUT2D eigenvalue weighted by Gasteiger charge is -2.21. The normalized spacial score (nSPS) is 14.7. The van der Waals surface area contributed by atoms with E-state index in [9.17, 15) is 13.2 Å². The Morgan fingerprint density at radius 3 is 2.30 bits per heavy atom. The average molecular weight is 496 g/mol. The van der Waals surface area contributed by atoms with Crippen LogP contribution in [-0.2, 0) is 10.0 Å². The average Bonchev–Trinajstić information content (AvgIpc) is 3.00. The van der Waals surface area contributed by atoms with Crippen molar-refractivity contribution in [3.63, 3.8) is 0 Å². The van der Waals surface area contributed by atoms with Crippen LogP contribution in [0.5, 0.6) is 5.75 Å². The highest BCUT2D eigenvalue weighted by molar-refractivity contribution is 9.10. The molecule has 3 rings (SSSR count). The number of urea groups is 1. The quantitative estimate of drug-likeness (QED) is 0.586. The zero-order valence-corrected chi connectivity index (χ0v) is 19.3. The Balaban J connectivity index is 1.69. The molecule has 0 atom stereocenters. The summed E-state index contributed by atoms with van der Waals surface area (Å²) in [5.41, 5.74) is 1.01. The Morgan fingerprint density at radius 2 is 1.67 bits per heavy atom. The molecule has 2 aromatic carbocycles. The first-order chi connectivity index (χ1) is 14.4. The van der Waals surface area contributed by atoms with Crippen LogP contribution in [0, 0.1) is 0 Å². The third-order valence-corrected chi connectivity index (χ3v) is 6.67. The first kappa shape index (κ1) is 22.4. The van der Waals surface area contributed by atoms with E-state index < -0.39 is 10.0 Å². The Kier molecular flexibility index (Phi) is 7.60. The number of sulfonamides is 1. The van der Waals surface area contributed by atoms with Crippen molar-refractivity contribution in [3.05, 3.63) is 46.9 Å². The van der Waals surface area contributed by atoms with E-state index in [-0.39, 0.29) is 16.7 Å².